The van der Waals surface area contributed by atoms with Crippen LogP contribution >= 0.6 is 0 Å². The van der Waals surface area contributed by atoms with Crippen LogP contribution < -0.4 is 9.47 Å². The Morgan fingerprint density at radius 2 is 1.76 bits per heavy atom. The fourth-order valence-corrected chi connectivity index (χ4v) is 5.54. The van der Waals surface area contributed by atoms with Gasteiger partial charge in [0.2, 0.25) is 0 Å². The monoisotopic (exact) mass is 538 g/mol. The topological polar surface area (TPSA) is 87.5 Å². The number of ketones is 1. The van der Waals surface area contributed by atoms with Gasteiger partial charge < -0.3 is 14.3 Å². The molecule has 4 rings (SSSR count). The maximum Gasteiger partial charge on any atom is 0.268 e. The van der Waals surface area contributed by atoms with E-state index in [9.17, 15) is 13.2 Å². The minimum atomic E-state index is -3.99. The zero-order valence-electron chi connectivity index (χ0n) is 21.9. The van der Waals surface area contributed by atoms with E-state index in [0.717, 1.165) is 15.2 Å². The largest absolute Gasteiger partial charge is 0.488 e. The predicted octanol–water partition coefficient (Wildman–Crippen LogP) is 5.96. The lowest BCUT2D eigenvalue weighted by Crippen LogP contribution is -2.12. The number of Topliss-reactive ketones (excluding diaryl/α,β-unsaturated/α-hetero) is 1. The van der Waals surface area contributed by atoms with Crippen molar-refractivity contribution >= 4 is 26.7 Å². The minimum Gasteiger partial charge on any atom is -0.488 e. The highest BCUT2D eigenvalue weighted by molar-refractivity contribution is 7.90. The van der Waals surface area contributed by atoms with Crippen molar-refractivity contribution in [1.29, 1.82) is 0 Å². The zero-order chi connectivity index (χ0) is 27.4. The third-order valence-corrected chi connectivity index (χ3v) is 8.07. The van der Waals surface area contributed by atoms with Gasteiger partial charge in [-0.05, 0) is 69.0 Å². The predicted molar refractivity (Wildman–Crippen MR) is 144 cm³/mol. The number of halogens is 1. The zero-order valence-corrected chi connectivity index (χ0v) is 22.7. The lowest BCUT2D eigenvalue weighted by molar-refractivity contribution is -0.117. The number of ether oxygens (including phenoxy) is 2. The molecule has 38 heavy (non-hydrogen) atoms. The number of aryl methyl sites for hydroxylation is 2. The third kappa shape index (κ3) is 6.05. The smallest absolute Gasteiger partial charge is 0.268 e. The molecule has 2 aromatic heterocycles. The van der Waals surface area contributed by atoms with E-state index in [1.807, 2.05) is 26.8 Å². The molecule has 0 unspecified atom stereocenters. The minimum absolute atomic E-state index is 0.00590. The van der Waals surface area contributed by atoms with Crippen molar-refractivity contribution in [3.05, 3.63) is 83.6 Å². The molecule has 0 aliphatic carbocycles. The van der Waals surface area contributed by atoms with Crippen LogP contribution in [-0.2, 0) is 14.8 Å². The Morgan fingerprint density at radius 1 is 1.05 bits per heavy atom. The fourth-order valence-electron chi connectivity index (χ4n) is 4.17. The number of hydrogen-bond donors (Lipinski definition) is 0. The number of pyridine rings is 1. The van der Waals surface area contributed by atoms with Crippen molar-refractivity contribution in [3.63, 3.8) is 0 Å². The Hall–Kier alpha value is -3.72. The summed E-state index contributed by atoms with van der Waals surface area (Å²) in [4.78, 5) is 15.9. The molecule has 0 bridgehead atoms. The molecule has 0 aliphatic heterocycles. The maximum absolute atomic E-state index is 15.2. The van der Waals surface area contributed by atoms with Gasteiger partial charge in [0, 0.05) is 29.8 Å². The Labute approximate surface area is 222 Å². The van der Waals surface area contributed by atoms with Gasteiger partial charge in [-0.3, -0.25) is 4.98 Å². The van der Waals surface area contributed by atoms with Crippen molar-refractivity contribution in [2.24, 2.45) is 0 Å². The van der Waals surface area contributed by atoms with Crippen molar-refractivity contribution in [2.45, 2.75) is 51.3 Å². The van der Waals surface area contributed by atoms with Gasteiger partial charge in [0.05, 0.1) is 16.6 Å². The van der Waals surface area contributed by atoms with Crippen LogP contribution in [0.3, 0.4) is 0 Å². The molecule has 7 nitrogen and oxygen atoms in total. The Balaban J connectivity index is 1.67. The van der Waals surface area contributed by atoms with E-state index in [1.54, 1.807) is 24.4 Å². The molecular weight excluding hydrogens is 507 g/mol. The van der Waals surface area contributed by atoms with Gasteiger partial charge in [0.1, 0.15) is 24.7 Å². The molecule has 0 radical (unpaired) electrons. The first kappa shape index (κ1) is 27.3. The molecule has 2 aromatic carbocycles. The number of rotatable bonds is 11. The van der Waals surface area contributed by atoms with Crippen LogP contribution in [0.2, 0.25) is 0 Å². The number of nitrogens with zero attached hydrogens (tertiary/aromatic N) is 2. The van der Waals surface area contributed by atoms with Gasteiger partial charge in [0.15, 0.2) is 11.6 Å². The molecule has 0 N–H and O–H groups in total. The maximum atomic E-state index is 15.2. The summed E-state index contributed by atoms with van der Waals surface area (Å²) in [7, 11) is -3.99. The van der Waals surface area contributed by atoms with Crippen LogP contribution in [-0.4, -0.2) is 36.4 Å². The molecule has 2 heterocycles. The normalized spacial score (nSPS) is 12.4. The first-order valence-electron chi connectivity index (χ1n) is 12.4. The van der Waals surface area contributed by atoms with Crippen LogP contribution in [0.1, 0.15) is 49.4 Å². The molecule has 0 fully saturated rings. The van der Waals surface area contributed by atoms with Crippen molar-refractivity contribution < 1.29 is 27.1 Å². The van der Waals surface area contributed by atoms with E-state index in [1.165, 1.54) is 37.4 Å². The third-order valence-electron chi connectivity index (χ3n) is 6.39. The SMILES string of the molecule is CC(=O)CC[C@H](C)c1cn(S(=O)(=O)c2ccc(C)cc2)c2cc(F)c(OCCOc3ccc(C)nc3)cc12. The molecule has 0 saturated heterocycles. The van der Waals surface area contributed by atoms with Crippen LogP contribution in [0.15, 0.2) is 65.8 Å². The van der Waals surface area contributed by atoms with E-state index in [4.69, 9.17) is 9.47 Å². The molecule has 200 valence electrons. The number of carbonyl (C=O) groups is 1. The van der Waals surface area contributed by atoms with Gasteiger partial charge >= 0.3 is 0 Å². The standard InChI is InChI=1S/C29H31FN2O5S/c1-19-5-11-24(12-6-19)38(34,35)32-18-26(20(2)7-9-22(4)33)25-15-29(27(30)16-28(25)32)37-14-13-36-23-10-8-21(3)31-17-23/h5-6,8,10-12,15-18,20H,7,9,13-14H2,1-4H3/t20-/m0/s1. The number of hydrogen-bond acceptors (Lipinski definition) is 6. The summed E-state index contributed by atoms with van der Waals surface area (Å²) >= 11 is 0. The summed E-state index contributed by atoms with van der Waals surface area (Å²) in [5, 5.41) is 0.553. The molecule has 0 saturated carbocycles. The van der Waals surface area contributed by atoms with E-state index in [2.05, 4.69) is 4.98 Å². The van der Waals surface area contributed by atoms with Gasteiger partial charge in [-0.25, -0.2) is 16.8 Å². The van der Waals surface area contributed by atoms with E-state index in [0.29, 0.717) is 29.5 Å². The summed E-state index contributed by atoms with van der Waals surface area (Å²) < 4.78 is 54.7. The molecular formula is C29H31FN2O5S. The summed E-state index contributed by atoms with van der Waals surface area (Å²) in [6.07, 6.45) is 4.02. The van der Waals surface area contributed by atoms with Gasteiger partial charge in [-0.1, -0.05) is 24.6 Å². The van der Waals surface area contributed by atoms with Crippen LogP contribution in [0.4, 0.5) is 4.39 Å². The lowest BCUT2D eigenvalue weighted by atomic mass is 9.95. The van der Waals surface area contributed by atoms with E-state index >= 15 is 4.39 Å². The molecule has 0 aliphatic rings. The number of benzene rings is 2. The van der Waals surface area contributed by atoms with Crippen molar-refractivity contribution in [1.82, 2.24) is 8.96 Å². The van der Waals surface area contributed by atoms with E-state index < -0.39 is 15.8 Å². The van der Waals surface area contributed by atoms with Gasteiger partial charge in [0.25, 0.3) is 10.0 Å². The molecule has 9 heteroatoms. The lowest BCUT2D eigenvalue weighted by Gasteiger charge is -2.12. The van der Waals surface area contributed by atoms with Crippen molar-refractivity contribution in [3.8, 4) is 11.5 Å². The summed E-state index contributed by atoms with van der Waals surface area (Å²) in [5.41, 5.74) is 2.70. The second kappa shape index (κ2) is 11.3. The molecule has 0 spiro atoms. The van der Waals surface area contributed by atoms with Crippen LogP contribution in [0, 0.1) is 19.7 Å². The highest BCUT2D eigenvalue weighted by atomic mass is 32.2. The van der Waals surface area contributed by atoms with E-state index in [-0.39, 0.29) is 41.1 Å². The quantitative estimate of drug-likeness (QED) is 0.219. The summed E-state index contributed by atoms with van der Waals surface area (Å²) in [6.45, 7) is 7.44. The highest BCUT2D eigenvalue weighted by Crippen LogP contribution is 2.36. The first-order chi connectivity index (χ1) is 18.1. The molecule has 4 aromatic rings. The van der Waals surface area contributed by atoms with Crippen LogP contribution in [0.25, 0.3) is 10.9 Å². The first-order valence-corrected chi connectivity index (χ1v) is 13.8. The Bertz CT molecular complexity index is 1540. The highest BCUT2D eigenvalue weighted by Gasteiger charge is 2.25. The van der Waals surface area contributed by atoms with Gasteiger partial charge in [-0.15, -0.1) is 0 Å². The Morgan fingerprint density at radius 3 is 2.42 bits per heavy atom. The van der Waals surface area contributed by atoms with Crippen molar-refractivity contribution in [2.75, 3.05) is 13.2 Å². The number of aromatic nitrogens is 2. The number of carbonyl (C=O) groups excluding carboxylic acids is 1. The molecule has 0 amide bonds. The molecule has 1 atom stereocenters. The average molecular weight is 539 g/mol. The Kier molecular flexibility index (Phi) is 8.16. The summed E-state index contributed by atoms with van der Waals surface area (Å²) in [6, 6.07) is 12.8. The summed E-state index contributed by atoms with van der Waals surface area (Å²) in [5.74, 6) is -0.210. The fraction of sp³-hybridized carbons (Fsp3) is 0.310. The number of fused-ring (bicyclic) bond motifs is 1. The average Bonchev–Trinajstić information content (AvgIpc) is 3.25. The second-order valence-corrected chi connectivity index (χ2v) is 11.3. The van der Waals surface area contributed by atoms with Crippen LogP contribution in [0.5, 0.6) is 11.5 Å². The van der Waals surface area contributed by atoms with Gasteiger partial charge in [-0.2, -0.15) is 0 Å². The second-order valence-electron chi connectivity index (χ2n) is 9.47.